The fourth-order valence-electron chi connectivity index (χ4n) is 2.29. The van der Waals surface area contributed by atoms with E-state index in [4.69, 9.17) is 21.1 Å². The van der Waals surface area contributed by atoms with Gasteiger partial charge in [0.05, 0.1) is 23.4 Å². The molecule has 150 valence electrons. The second-order valence-electron chi connectivity index (χ2n) is 5.93. The minimum Gasteiger partial charge on any atom is -0.496 e. The molecule has 0 aromatic heterocycles. The van der Waals surface area contributed by atoms with E-state index in [-0.39, 0.29) is 22.0 Å². The predicted octanol–water partition coefficient (Wildman–Crippen LogP) is 4.86. The first-order chi connectivity index (χ1) is 13.0. The average molecular weight is 416 g/mol. The van der Waals surface area contributed by atoms with Gasteiger partial charge in [0.2, 0.25) is 0 Å². The molecule has 2 rings (SSSR count). The van der Waals surface area contributed by atoms with E-state index in [0.29, 0.717) is 6.07 Å². The number of rotatable bonds is 5. The SMILES string of the molecule is COc1ccc(C)cc1C(=O)O[C@H](C)C(=O)Nc1cc(C(F)(F)F)ccc1Cl. The number of aryl methyl sites for hydroxylation is 1. The quantitative estimate of drug-likeness (QED) is 0.708. The van der Waals surface area contributed by atoms with Crippen LogP contribution in [0.1, 0.15) is 28.4 Å². The number of nitrogens with one attached hydrogen (secondary N) is 1. The van der Waals surface area contributed by atoms with Crippen LogP contribution in [0.4, 0.5) is 18.9 Å². The number of halogens is 4. The summed E-state index contributed by atoms with van der Waals surface area (Å²) in [4.78, 5) is 24.6. The van der Waals surface area contributed by atoms with Crippen LogP contribution in [0.2, 0.25) is 5.02 Å². The Labute approximate surface area is 164 Å². The zero-order valence-corrected chi connectivity index (χ0v) is 15.9. The van der Waals surface area contributed by atoms with Gasteiger partial charge < -0.3 is 14.8 Å². The summed E-state index contributed by atoms with van der Waals surface area (Å²) in [6.45, 7) is 3.05. The Morgan fingerprint density at radius 2 is 1.82 bits per heavy atom. The molecule has 28 heavy (non-hydrogen) atoms. The monoisotopic (exact) mass is 415 g/mol. The first kappa shape index (κ1) is 21.6. The van der Waals surface area contributed by atoms with Crippen molar-refractivity contribution >= 4 is 29.2 Å². The molecule has 1 amide bonds. The summed E-state index contributed by atoms with van der Waals surface area (Å²) in [5.74, 6) is -1.37. The van der Waals surface area contributed by atoms with Crippen LogP contribution in [0.25, 0.3) is 0 Å². The lowest BCUT2D eigenvalue weighted by Gasteiger charge is -2.16. The van der Waals surface area contributed by atoms with E-state index in [9.17, 15) is 22.8 Å². The van der Waals surface area contributed by atoms with Crippen molar-refractivity contribution in [1.29, 1.82) is 0 Å². The molecule has 0 bridgehead atoms. The maximum Gasteiger partial charge on any atom is 0.416 e. The standard InChI is InChI=1S/C19H17ClF3NO4/c1-10-4-7-16(27-3)13(8-10)18(26)28-11(2)17(25)24-15-9-12(19(21,22)23)5-6-14(15)20/h4-9,11H,1-3H3,(H,24,25)/t11-/m1/s1. The third kappa shape index (κ3) is 5.16. The molecule has 0 heterocycles. The van der Waals surface area contributed by atoms with E-state index in [1.807, 2.05) is 0 Å². The predicted molar refractivity (Wildman–Crippen MR) is 97.7 cm³/mol. The van der Waals surface area contributed by atoms with Gasteiger partial charge >= 0.3 is 12.1 Å². The lowest BCUT2D eigenvalue weighted by atomic mass is 10.1. The van der Waals surface area contributed by atoms with Crippen LogP contribution in [0, 0.1) is 6.92 Å². The fourth-order valence-corrected chi connectivity index (χ4v) is 2.46. The van der Waals surface area contributed by atoms with Crippen LogP contribution < -0.4 is 10.1 Å². The van der Waals surface area contributed by atoms with Crippen molar-refractivity contribution in [3.63, 3.8) is 0 Å². The number of benzene rings is 2. The van der Waals surface area contributed by atoms with Crippen molar-refractivity contribution in [1.82, 2.24) is 0 Å². The van der Waals surface area contributed by atoms with Gasteiger partial charge in [-0.15, -0.1) is 0 Å². The molecule has 0 aliphatic rings. The second kappa shape index (κ2) is 8.52. The van der Waals surface area contributed by atoms with E-state index >= 15 is 0 Å². The minimum absolute atomic E-state index is 0.0831. The highest BCUT2D eigenvalue weighted by Crippen LogP contribution is 2.34. The number of esters is 1. The smallest absolute Gasteiger partial charge is 0.416 e. The van der Waals surface area contributed by atoms with Gasteiger partial charge in [0.25, 0.3) is 5.91 Å². The van der Waals surface area contributed by atoms with E-state index in [0.717, 1.165) is 17.7 Å². The van der Waals surface area contributed by atoms with Crippen molar-refractivity contribution in [2.75, 3.05) is 12.4 Å². The highest BCUT2D eigenvalue weighted by molar-refractivity contribution is 6.33. The number of carbonyl (C=O) groups is 2. The Bertz CT molecular complexity index is 899. The summed E-state index contributed by atoms with van der Waals surface area (Å²) >= 11 is 5.85. The highest BCUT2D eigenvalue weighted by Gasteiger charge is 2.31. The lowest BCUT2D eigenvalue weighted by Crippen LogP contribution is -2.30. The molecule has 0 unspecified atom stereocenters. The van der Waals surface area contributed by atoms with Gasteiger partial charge in [-0.05, 0) is 44.2 Å². The number of methoxy groups -OCH3 is 1. The summed E-state index contributed by atoms with van der Waals surface area (Å²) in [6, 6.07) is 7.38. The zero-order chi connectivity index (χ0) is 21.1. The molecular formula is C19H17ClF3NO4. The summed E-state index contributed by atoms with van der Waals surface area (Å²) in [6.07, 6.45) is -5.88. The van der Waals surface area contributed by atoms with Gasteiger partial charge in [0.15, 0.2) is 6.10 Å². The Morgan fingerprint density at radius 3 is 2.43 bits per heavy atom. The van der Waals surface area contributed by atoms with Crippen molar-refractivity contribution in [2.24, 2.45) is 0 Å². The van der Waals surface area contributed by atoms with Crippen molar-refractivity contribution in [2.45, 2.75) is 26.1 Å². The normalized spacial score (nSPS) is 12.2. The molecule has 0 aliphatic carbocycles. The van der Waals surface area contributed by atoms with Crippen molar-refractivity contribution in [3.05, 3.63) is 58.1 Å². The topological polar surface area (TPSA) is 64.6 Å². The maximum atomic E-state index is 12.8. The zero-order valence-electron chi connectivity index (χ0n) is 15.2. The molecule has 0 saturated carbocycles. The number of hydrogen-bond donors (Lipinski definition) is 1. The van der Waals surface area contributed by atoms with Gasteiger partial charge in [-0.1, -0.05) is 23.2 Å². The van der Waals surface area contributed by atoms with E-state index in [1.165, 1.54) is 20.1 Å². The Morgan fingerprint density at radius 1 is 1.14 bits per heavy atom. The Kier molecular flexibility index (Phi) is 6.56. The summed E-state index contributed by atoms with van der Waals surface area (Å²) < 4.78 is 48.7. The van der Waals surface area contributed by atoms with Gasteiger partial charge in [0, 0.05) is 0 Å². The molecule has 1 atom stereocenters. The van der Waals surface area contributed by atoms with Gasteiger partial charge in [0.1, 0.15) is 11.3 Å². The lowest BCUT2D eigenvalue weighted by molar-refractivity contribution is -0.137. The fraction of sp³-hybridized carbons (Fsp3) is 0.263. The molecule has 0 fully saturated rings. The number of alkyl halides is 3. The van der Waals surface area contributed by atoms with Crippen LogP contribution in [0.15, 0.2) is 36.4 Å². The van der Waals surface area contributed by atoms with Crippen molar-refractivity contribution < 1.29 is 32.2 Å². The molecule has 2 aromatic carbocycles. The van der Waals surface area contributed by atoms with Gasteiger partial charge in [-0.3, -0.25) is 4.79 Å². The summed E-state index contributed by atoms with van der Waals surface area (Å²) in [5, 5.41) is 2.16. The Hall–Kier alpha value is -2.74. The number of anilines is 1. The maximum absolute atomic E-state index is 12.8. The molecule has 2 aromatic rings. The number of ether oxygens (including phenoxy) is 2. The Balaban J connectivity index is 2.14. The summed E-state index contributed by atoms with van der Waals surface area (Å²) in [7, 11) is 1.38. The largest absolute Gasteiger partial charge is 0.496 e. The molecule has 0 saturated heterocycles. The van der Waals surface area contributed by atoms with E-state index in [2.05, 4.69) is 5.32 Å². The molecular weight excluding hydrogens is 399 g/mol. The van der Waals surface area contributed by atoms with Crippen molar-refractivity contribution in [3.8, 4) is 5.75 Å². The molecule has 5 nitrogen and oxygen atoms in total. The number of hydrogen-bond acceptors (Lipinski definition) is 4. The highest BCUT2D eigenvalue weighted by atomic mass is 35.5. The van der Waals surface area contributed by atoms with Crippen LogP contribution in [0.5, 0.6) is 5.75 Å². The third-order valence-corrected chi connectivity index (χ3v) is 4.11. The van der Waals surface area contributed by atoms with Crippen LogP contribution in [0.3, 0.4) is 0 Å². The van der Waals surface area contributed by atoms with Gasteiger partial charge in [-0.25, -0.2) is 4.79 Å². The molecule has 0 aliphatic heterocycles. The molecule has 1 N–H and O–H groups in total. The van der Waals surface area contributed by atoms with Gasteiger partial charge in [-0.2, -0.15) is 13.2 Å². The first-order valence-corrected chi connectivity index (χ1v) is 8.44. The molecule has 9 heteroatoms. The van der Waals surface area contributed by atoms with E-state index in [1.54, 1.807) is 19.1 Å². The number of carbonyl (C=O) groups excluding carboxylic acids is 2. The first-order valence-electron chi connectivity index (χ1n) is 8.06. The number of amides is 1. The minimum atomic E-state index is -4.59. The van der Waals surface area contributed by atoms with Crippen LogP contribution >= 0.6 is 11.6 Å². The van der Waals surface area contributed by atoms with E-state index < -0.39 is 29.7 Å². The van der Waals surface area contributed by atoms with Crippen LogP contribution in [-0.4, -0.2) is 25.1 Å². The van der Waals surface area contributed by atoms with Crippen LogP contribution in [-0.2, 0) is 15.7 Å². The summed E-state index contributed by atoms with van der Waals surface area (Å²) in [5.41, 5.74) is -0.307. The average Bonchev–Trinajstić information content (AvgIpc) is 2.62. The molecule has 0 radical (unpaired) electrons. The third-order valence-electron chi connectivity index (χ3n) is 3.78. The molecule has 0 spiro atoms. The second-order valence-corrected chi connectivity index (χ2v) is 6.34.